The molecular formula is C36H23BN4. The molecule has 2 aliphatic rings. The minimum Gasteiger partial charge on any atom is -0.311 e. The van der Waals surface area contributed by atoms with E-state index >= 15 is 0 Å². The van der Waals surface area contributed by atoms with Gasteiger partial charge in [0, 0.05) is 34.0 Å². The number of hydrogen-bond acceptors (Lipinski definition) is 4. The topological polar surface area (TPSA) is 43.2 Å². The highest BCUT2D eigenvalue weighted by Crippen LogP contribution is 2.43. The number of pyridine rings is 1. The number of para-hydroxylation sites is 3. The molecule has 5 aromatic carbocycles. The Morgan fingerprint density at radius 2 is 1.12 bits per heavy atom. The normalized spacial score (nSPS) is 12.7. The second kappa shape index (κ2) is 9.26. The molecule has 0 saturated heterocycles. The predicted molar refractivity (Wildman–Crippen MR) is 168 cm³/mol. The van der Waals surface area contributed by atoms with Gasteiger partial charge in [0.15, 0.2) is 0 Å². The van der Waals surface area contributed by atoms with Gasteiger partial charge >= 0.3 is 0 Å². The van der Waals surface area contributed by atoms with Crippen molar-refractivity contribution >= 4 is 57.4 Å². The zero-order valence-corrected chi connectivity index (χ0v) is 22.1. The van der Waals surface area contributed by atoms with Crippen molar-refractivity contribution in [3.8, 4) is 17.3 Å². The van der Waals surface area contributed by atoms with E-state index in [0.717, 1.165) is 39.8 Å². The molecule has 0 amide bonds. The van der Waals surface area contributed by atoms with Gasteiger partial charge < -0.3 is 4.90 Å². The molecule has 5 heteroatoms. The molecule has 4 nitrogen and oxygen atoms in total. The molecule has 0 unspecified atom stereocenters. The summed E-state index contributed by atoms with van der Waals surface area (Å²) in [5, 5.41) is 10.0. The van der Waals surface area contributed by atoms with E-state index in [0.29, 0.717) is 5.56 Å². The maximum Gasteiger partial charge on any atom is 0.252 e. The Kier molecular flexibility index (Phi) is 5.26. The summed E-state index contributed by atoms with van der Waals surface area (Å²) < 4.78 is 0. The summed E-state index contributed by atoms with van der Waals surface area (Å²) in [6.45, 7) is 0.0672. The third-order valence-electron chi connectivity index (χ3n) is 8.06. The second-order valence-corrected chi connectivity index (χ2v) is 10.3. The van der Waals surface area contributed by atoms with Crippen LogP contribution in [0, 0.1) is 11.3 Å². The molecule has 0 aliphatic carbocycles. The van der Waals surface area contributed by atoms with Gasteiger partial charge in [-0.1, -0.05) is 91.0 Å². The van der Waals surface area contributed by atoms with Crippen molar-refractivity contribution in [1.29, 1.82) is 5.26 Å². The van der Waals surface area contributed by atoms with Crippen molar-refractivity contribution in [1.82, 2.24) is 4.98 Å². The highest BCUT2D eigenvalue weighted by atomic mass is 15.2. The van der Waals surface area contributed by atoms with E-state index in [1.165, 1.54) is 22.1 Å². The molecule has 0 radical (unpaired) electrons. The first kappa shape index (κ1) is 23.3. The summed E-state index contributed by atoms with van der Waals surface area (Å²) in [4.78, 5) is 9.75. The monoisotopic (exact) mass is 522 g/mol. The Labute approximate surface area is 239 Å². The number of nitriles is 1. The number of fused-ring (bicyclic) bond motifs is 4. The quantitative estimate of drug-likeness (QED) is 0.242. The Bertz CT molecular complexity index is 1980. The Morgan fingerprint density at radius 3 is 1.80 bits per heavy atom. The molecule has 41 heavy (non-hydrogen) atoms. The molecule has 2 aliphatic heterocycles. The lowest BCUT2D eigenvalue weighted by molar-refractivity contribution is 1.18. The molecule has 8 rings (SSSR count). The van der Waals surface area contributed by atoms with E-state index in [9.17, 15) is 5.26 Å². The molecule has 0 bridgehead atoms. The zero-order chi connectivity index (χ0) is 27.3. The molecule has 0 atom stereocenters. The summed E-state index contributed by atoms with van der Waals surface area (Å²) >= 11 is 0. The van der Waals surface area contributed by atoms with Gasteiger partial charge in [0.05, 0.1) is 17.3 Å². The number of hydrogen-bond donors (Lipinski definition) is 0. The van der Waals surface area contributed by atoms with Gasteiger partial charge in [0.2, 0.25) is 0 Å². The van der Waals surface area contributed by atoms with Crippen molar-refractivity contribution in [2.75, 3.05) is 9.80 Å². The summed E-state index contributed by atoms with van der Waals surface area (Å²) in [6.07, 6.45) is 0. The van der Waals surface area contributed by atoms with E-state index in [1.54, 1.807) is 0 Å². The average Bonchev–Trinajstić information content (AvgIpc) is 3.05. The van der Waals surface area contributed by atoms with Crippen LogP contribution in [-0.2, 0) is 0 Å². The number of aromatic nitrogens is 1. The summed E-state index contributed by atoms with van der Waals surface area (Å²) in [5.74, 6) is 0.729. The Hall–Kier alpha value is -5.60. The number of benzene rings is 5. The smallest absolute Gasteiger partial charge is 0.252 e. The number of rotatable bonds is 3. The van der Waals surface area contributed by atoms with Crippen molar-refractivity contribution in [2.24, 2.45) is 0 Å². The third kappa shape index (κ3) is 3.58. The molecular weight excluding hydrogens is 499 g/mol. The van der Waals surface area contributed by atoms with Gasteiger partial charge in [0.1, 0.15) is 5.82 Å². The highest BCUT2D eigenvalue weighted by molar-refractivity contribution is 7.00. The van der Waals surface area contributed by atoms with E-state index in [1.807, 2.05) is 42.5 Å². The molecule has 6 aromatic rings. The molecule has 190 valence electrons. The zero-order valence-electron chi connectivity index (χ0n) is 22.1. The molecule has 0 fully saturated rings. The van der Waals surface area contributed by atoms with Gasteiger partial charge in [-0.05, 0) is 64.9 Å². The van der Waals surface area contributed by atoms with Crippen LogP contribution in [0.3, 0.4) is 0 Å². The number of nitrogens with zero attached hydrogens (tertiary/aromatic N) is 4. The summed E-state index contributed by atoms with van der Waals surface area (Å²) in [7, 11) is 0. The first-order valence-corrected chi connectivity index (χ1v) is 13.8. The standard InChI is InChI=1S/C36H23BN4/c38-24-25-22-30(26-12-3-1-4-13-26)39-35(23-25)41-32-19-10-8-17-29(32)37-28-16-7-9-18-31(28)40(27-14-5-2-6-15-27)33-20-11-21-34(41)36(33)37/h1-23H. The largest absolute Gasteiger partial charge is 0.311 e. The third-order valence-corrected chi connectivity index (χ3v) is 8.06. The second-order valence-electron chi connectivity index (χ2n) is 10.3. The molecule has 1 aromatic heterocycles. The van der Waals surface area contributed by atoms with Crippen LogP contribution < -0.4 is 26.2 Å². The van der Waals surface area contributed by atoms with Crippen LogP contribution in [0.2, 0.25) is 0 Å². The molecule has 0 N–H and O–H groups in total. The van der Waals surface area contributed by atoms with Crippen LogP contribution in [0.4, 0.5) is 34.3 Å². The highest BCUT2D eigenvalue weighted by Gasteiger charge is 2.43. The lowest BCUT2D eigenvalue weighted by Crippen LogP contribution is -2.61. The van der Waals surface area contributed by atoms with Crippen LogP contribution in [0.5, 0.6) is 0 Å². The summed E-state index contributed by atoms with van der Waals surface area (Å²) in [5.41, 5.74) is 11.7. The van der Waals surface area contributed by atoms with Crippen molar-refractivity contribution in [2.45, 2.75) is 0 Å². The SMILES string of the molecule is N#Cc1cc(-c2ccccc2)nc(N2c3ccccc3B3c4ccccc4N(c4ccccc4)c4cccc2c43)c1. The fraction of sp³-hybridized carbons (Fsp3) is 0. The van der Waals surface area contributed by atoms with E-state index in [2.05, 4.69) is 113 Å². The molecule has 3 heterocycles. The van der Waals surface area contributed by atoms with Crippen LogP contribution in [0.25, 0.3) is 11.3 Å². The van der Waals surface area contributed by atoms with Crippen LogP contribution in [0.1, 0.15) is 5.56 Å². The average molecular weight is 522 g/mol. The van der Waals surface area contributed by atoms with Crippen LogP contribution in [0.15, 0.2) is 140 Å². The van der Waals surface area contributed by atoms with E-state index < -0.39 is 0 Å². The molecule has 0 spiro atoms. The minimum atomic E-state index is 0.0672. The maximum atomic E-state index is 10.0. The van der Waals surface area contributed by atoms with Crippen molar-refractivity contribution in [3.63, 3.8) is 0 Å². The van der Waals surface area contributed by atoms with Crippen LogP contribution >= 0.6 is 0 Å². The van der Waals surface area contributed by atoms with Crippen LogP contribution in [-0.4, -0.2) is 11.7 Å². The maximum absolute atomic E-state index is 10.0. The van der Waals surface area contributed by atoms with Gasteiger partial charge in [-0.25, -0.2) is 4.98 Å². The minimum absolute atomic E-state index is 0.0672. The lowest BCUT2D eigenvalue weighted by Gasteiger charge is -2.43. The van der Waals surface area contributed by atoms with E-state index in [4.69, 9.17) is 4.98 Å². The number of anilines is 6. The van der Waals surface area contributed by atoms with Crippen molar-refractivity contribution < 1.29 is 0 Å². The van der Waals surface area contributed by atoms with Crippen molar-refractivity contribution in [3.05, 3.63) is 145 Å². The Morgan fingerprint density at radius 1 is 0.561 bits per heavy atom. The van der Waals surface area contributed by atoms with Gasteiger partial charge in [-0.3, -0.25) is 4.90 Å². The predicted octanol–water partition coefficient (Wildman–Crippen LogP) is 6.70. The first-order valence-electron chi connectivity index (χ1n) is 13.8. The van der Waals surface area contributed by atoms with Gasteiger partial charge in [0.25, 0.3) is 6.71 Å². The van der Waals surface area contributed by atoms with Gasteiger partial charge in [-0.2, -0.15) is 5.26 Å². The Balaban J connectivity index is 1.42. The van der Waals surface area contributed by atoms with Gasteiger partial charge in [-0.15, -0.1) is 0 Å². The molecule has 0 saturated carbocycles. The summed E-state index contributed by atoms with van der Waals surface area (Å²) in [6, 6.07) is 50.6. The first-order chi connectivity index (χ1) is 20.3. The van der Waals surface area contributed by atoms with E-state index in [-0.39, 0.29) is 6.71 Å². The lowest BCUT2D eigenvalue weighted by atomic mass is 9.33. The fourth-order valence-electron chi connectivity index (χ4n) is 6.39. The fourth-order valence-corrected chi connectivity index (χ4v) is 6.39.